The SMILES string of the molecule is CCC(C)(OC(=O)C(C)(C)C(=O)O)C1CC2SC1C1CCCC21. The van der Waals surface area contributed by atoms with Crippen LogP contribution in [0.25, 0.3) is 0 Å². The minimum atomic E-state index is -1.49. The number of fused-ring (bicyclic) bond motifs is 5. The maximum atomic E-state index is 12.5. The summed E-state index contributed by atoms with van der Waals surface area (Å²) in [7, 11) is 0. The van der Waals surface area contributed by atoms with Crippen LogP contribution in [0.1, 0.15) is 59.8 Å². The third-order valence-electron chi connectivity index (χ3n) is 6.60. The van der Waals surface area contributed by atoms with Crippen molar-refractivity contribution in [2.75, 3.05) is 0 Å². The molecule has 6 atom stereocenters. The zero-order valence-corrected chi connectivity index (χ0v) is 15.3. The largest absolute Gasteiger partial charge is 0.480 e. The first kappa shape index (κ1) is 17.1. The smallest absolute Gasteiger partial charge is 0.323 e. The first-order valence-corrected chi connectivity index (χ1v) is 9.77. The molecule has 1 N–H and O–H groups in total. The summed E-state index contributed by atoms with van der Waals surface area (Å²) in [6, 6.07) is 0. The van der Waals surface area contributed by atoms with Crippen molar-refractivity contribution in [2.24, 2.45) is 23.2 Å². The standard InChI is InChI=1S/C18H28O4S/c1-5-18(4,22-16(21)17(2,3)15(19)20)12-9-13-10-7-6-8-11(10)14(12)23-13/h10-14H,5-9H2,1-4H3,(H,19,20). The van der Waals surface area contributed by atoms with Gasteiger partial charge in [-0.2, -0.15) is 11.8 Å². The highest BCUT2D eigenvalue weighted by Crippen LogP contribution is 2.63. The molecule has 3 aliphatic rings. The number of hydrogen-bond acceptors (Lipinski definition) is 4. The zero-order chi connectivity index (χ0) is 17.0. The second kappa shape index (κ2) is 5.68. The third kappa shape index (κ3) is 2.59. The van der Waals surface area contributed by atoms with E-state index in [-0.39, 0.29) is 0 Å². The van der Waals surface area contributed by atoms with Gasteiger partial charge in [-0.15, -0.1) is 0 Å². The van der Waals surface area contributed by atoms with Crippen molar-refractivity contribution in [3.05, 3.63) is 0 Å². The number of aliphatic carboxylic acids is 1. The van der Waals surface area contributed by atoms with Gasteiger partial charge in [-0.05, 0) is 58.3 Å². The predicted molar refractivity (Wildman–Crippen MR) is 90.3 cm³/mol. The molecule has 1 saturated carbocycles. The van der Waals surface area contributed by atoms with E-state index in [4.69, 9.17) is 4.74 Å². The molecule has 130 valence electrons. The number of carbonyl (C=O) groups excluding carboxylic acids is 1. The van der Waals surface area contributed by atoms with Gasteiger partial charge in [-0.3, -0.25) is 9.59 Å². The average molecular weight is 340 g/mol. The van der Waals surface area contributed by atoms with Crippen molar-refractivity contribution in [1.82, 2.24) is 0 Å². The van der Waals surface area contributed by atoms with Crippen LogP contribution in [-0.2, 0) is 14.3 Å². The van der Waals surface area contributed by atoms with Crippen LogP contribution in [0.15, 0.2) is 0 Å². The van der Waals surface area contributed by atoms with E-state index in [9.17, 15) is 14.7 Å². The first-order valence-electron chi connectivity index (χ1n) is 8.83. The fourth-order valence-electron chi connectivity index (χ4n) is 4.73. The summed E-state index contributed by atoms with van der Waals surface area (Å²) in [5.41, 5.74) is -2.04. The number of ether oxygens (including phenoxy) is 1. The van der Waals surface area contributed by atoms with Crippen LogP contribution >= 0.6 is 11.8 Å². The lowest BCUT2D eigenvalue weighted by Gasteiger charge is -2.42. The lowest BCUT2D eigenvalue weighted by molar-refractivity contribution is -0.182. The van der Waals surface area contributed by atoms with Crippen molar-refractivity contribution in [3.8, 4) is 0 Å². The van der Waals surface area contributed by atoms with Gasteiger partial charge < -0.3 is 9.84 Å². The van der Waals surface area contributed by atoms with Gasteiger partial charge in [0.15, 0.2) is 5.41 Å². The number of thioether (sulfide) groups is 1. The van der Waals surface area contributed by atoms with E-state index >= 15 is 0 Å². The number of rotatable bonds is 5. The van der Waals surface area contributed by atoms with E-state index in [1.54, 1.807) is 0 Å². The molecular formula is C18H28O4S. The minimum Gasteiger partial charge on any atom is -0.480 e. The normalized spacial score (nSPS) is 38.2. The van der Waals surface area contributed by atoms with Crippen LogP contribution in [0.4, 0.5) is 0 Å². The van der Waals surface area contributed by atoms with Gasteiger partial charge in [0, 0.05) is 16.4 Å². The van der Waals surface area contributed by atoms with E-state index < -0.39 is 23.0 Å². The summed E-state index contributed by atoms with van der Waals surface area (Å²) in [5.74, 6) is 0.272. The van der Waals surface area contributed by atoms with E-state index in [0.29, 0.717) is 11.2 Å². The summed E-state index contributed by atoms with van der Waals surface area (Å²) in [5, 5.41) is 10.6. The van der Waals surface area contributed by atoms with Crippen molar-refractivity contribution in [1.29, 1.82) is 0 Å². The Hall–Kier alpha value is -0.710. The Morgan fingerprint density at radius 2 is 1.87 bits per heavy atom. The highest BCUT2D eigenvalue weighted by molar-refractivity contribution is 8.01. The van der Waals surface area contributed by atoms with Gasteiger partial charge in [-0.1, -0.05) is 13.3 Å². The minimum absolute atomic E-state index is 0.357. The monoisotopic (exact) mass is 340 g/mol. The van der Waals surface area contributed by atoms with Crippen LogP contribution in [0.3, 0.4) is 0 Å². The van der Waals surface area contributed by atoms with Crippen LogP contribution < -0.4 is 0 Å². The molecule has 2 aliphatic heterocycles. The van der Waals surface area contributed by atoms with Crippen molar-refractivity contribution < 1.29 is 19.4 Å². The molecule has 0 spiro atoms. The van der Waals surface area contributed by atoms with Gasteiger partial charge in [-0.25, -0.2) is 0 Å². The summed E-state index contributed by atoms with van der Waals surface area (Å²) in [4.78, 5) is 23.8. The summed E-state index contributed by atoms with van der Waals surface area (Å²) in [6.45, 7) is 6.91. The number of carboxylic acids is 1. The molecule has 2 bridgehead atoms. The maximum Gasteiger partial charge on any atom is 0.323 e. The molecule has 2 heterocycles. The Morgan fingerprint density at radius 1 is 1.22 bits per heavy atom. The lowest BCUT2D eigenvalue weighted by Crippen LogP contribution is -2.49. The van der Waals surface area contributed by atoms with Gasteiger partial charge >= 0.3 is 11.9 Å². The molecule has 23 heavy (non-hydrogen) atoms. The zero-order valence-electron chi connectivity index (χ0n) is 14.5. The topological polar surface area (TPSA) is 63.6 Å². The lowest BCUT2D eigenvalue weighted by atomic mass is 9.69. The Kier molecular flexibility index (Phi) is 4.23. The van der Waals surface area contributed by atoms with Crippen LogP contribution in [0, 0.1) is 23.2 Å². The molecular weight excluding hydrogens is 312 g/mol. The van der Waals surface area contributed by atoms with Gasteiger partial charge in [0.2, 0.25) is 0 Å². The molecule has 0 radical (unpaired) electrons. The van der Waals surface area contributed by atoms with Crippen LogP contribution in [0.2, 0.25) is 0 Å². The van der Waals surface area contributed by atoms with Gasteiger partial charge in [0.25, 0.3) is 0 Å². The average Bonchev–Trinajstić information content (AvgIpc) is 3.18. The Balaban J connectivity index is 1.77. The molecule has 5 heteroatoms. The first-order chi connectivity index (χ1) is 10.7. The van der Waals surface area contributed by atoms with E-state index in [2.05, 4.69) is 11.8 Å². The molecule has 0 aromatic rings. The summed E-state index contributed by atoms with van der Waals surface area (Å²) >= 11 is 2.11. The second-order valence-electron chi connectivity index (χ2n) is 8.23. The Bertz CT molecular complexity index is 517. The number of carbonyl (C=O) groups is 2. The quantitative estimate of drug-likeness (QED) is 0.610. The van der Waals surface area contributed by atoms with Crippen molar-refractivity contribution in [2.45, 2.75) is 75.9 Å². The number of hydrogen-bond donors (Lipinski definition) is 1. The van der Waals surface area contributed by atoms with Crippen LogP contribution in [0.5, 0.6) is 0 Å². The second-order valence-corrected chi connectivity index (χ2v) is 9.65. The molecule has 2 saturated heterocycles. The molecule has 4 nitrogen and oxygen atoms in total. The Morgan fingerprint density at radius 3 is 2.48 bits per heavy atom. The van der Waals surface area contributed by atoms with Crippen LogP contribution in [-0.4, -0.2) is 33.1 Å². The molecule has 0 amide bonds. The fourth-order valence-corrected chi connectivity index (χ4v) is 7.12. The summed E-state index contributed by atoms with van der Waals surface area (Å²) in [6.07, 6.45) is 5.86. The fraction of sp³-hybridized carbons (Fsp3) is 0.889. The summed E-state index contributed by atoms with van der Waals surface area (Å²) < 4.78 is 5.87. The van der Waals surface area contributed by atoms with E-state index in [1.165, 1.54) is 33.1 Å². The highest BCUT2D eigenvalue weighted by Gasteiger charge is 2.60. The molecule has 3 fully saturated rings. The van der Waals surface area contributed by atoms with Gasteiger partial charge in [0.05, 0.1) is 0 Å². The third-order valence-corrected chi connectivity index (χ3v) is 8.48. The predicted octanol–water partition coefficient (Wildman–Crippen LogP) is 3.73. The maximum absolute atomic E-state index is 12.5. The van der Waals surface area contributed by atoms with Crippen molar-refractivity contribution >= 4 is 23.7 Å². The molecule has 3 rings (SSSR count). The molecule has 6 unspecified atom stereocenters. The number of carboxylic acid groups (broad SMARTS) is 1. The van der Waals surface area contributed by atoms with Crippen molar-refractivity contribution in [3.63, 3.8) is 0 Å². The molecule has 1 aliphatic carbocycles. The molecule has 0 aromatic heterocycles. The molecule has 0 aromatic carbocycles. The van der Waals surface area contributed by atoms with E-state index in [0.717, 1.165) is 29.9 Å². The number of esters is 1. The van der Waals surface area contributed by atoms with Gasteiger partial charge in [0.1, 0.15) is 5.60 Å². The highest BCUT2D eigenvalue weighted by atomic mass is 32.2. The Labute approximate surface area is 142 Å². The van der Waals surface area contributed by atoms with E-state index in [1.807, 2.05) is 13.8 Å².